The Kier molecular flexibility index (Phi) is 13.4. The minimum Gasteiger partial charge on any atom is -0.378 e. The Bertz CT molecular complexity index is 457. The van der Waals surface area contributed by atoms with Gasteiger partial charge in [0, 0.05) is 6.42 Å². The highest BCUT2D eigenvalue weighted by molar-refractivity contribution is 7.85. The normalized spacial score (nSPS) is 14.0. The SMILES string of the molecule is CCCC(C)(O)C#CCCCCCCCCCCCCS(=O)(=O)O. The van der Waals surface area contributed by atoms with Gasteiger partial charge in [0.05, 0.1) is 5.75 Å². The number of aliphatic hydroxyl groups is 1. The third kappa shape index (κ3) is 17.8. The zero-order valence-corrected chi connectivity index (χ0v) is 16.3. The molecule has 4 nitrogen and oxygen atoms in total. The molecule has 24 heavy (non-hydrogen) atoms. The molecule has 1 unspecified atom stereocenters. The largest absolute Gasteiger partial charge is 0.378 e. The van der Waals surface area contributed by atoms with Crippen molar-refractivity contribution < 1.29 is 18.1 Å². The summed E-state index contributed by atoms with van der Waals surface area (Å²) in [4.78, 5) is 0. The average molecular weight is 361 g/mol. The van der Waals surface area contributed by atoms with E-state index in [-0.39, 0.29) is 5.75 Å². The molecule has 0 aromatic heterocycles. The molecule has 0 amide bonds. The van der Waals surface area contributed by atoms with Crippen molar-refractivity contribution in [3.05, 3.63) is 0 Å². The first-order valence-corrected chi connectivity index (χ1v) is 11.1. The quantitative estimate of drug-likeness (QED) is 0.267. The van der Waals surface area contributed by atoms with E-state index in [0.29, 0.717) is 6.42 Å². The van der Waals surface area contributed by atoms with Gasteiger partial charge in [0.25, 0.3) is 10.1 Å². The van der Waals surface area contributed by atoms with Crippen LogP contribution in [0, 0.1) is 11.8 Å². The van der Waals surface area contributed by atoms with Crippen molar-refractivity contribution >= 4 is 10.1 Å². The van der Waals surface area contributed by atoms with Gasteiger partial charge in [-0.05, 0) is 26.2 Å². The number of rotatable bonds is 14. The van der Waals surface area contributed by atoms with Crippen molar-refractivity contribution in [2.24, 2.45) is 0 Å². The van der Waals surface area contributed by atoms with E-state index in [4.69, 9.17) is 4.55 Å². The van der Waals surface area contributed by atoms with Crippen LogP contribution in [0.3, 0.4) is 0 Å². The van der Waals surface area contributed by atoms with E-state index in [0.717, 1.165) is 44.9 Å². The minimum atomic E-state index is -3.77. The first kappa shape index (κ1) is 23.4. The van der Waals surface area contributed by atoms with E-state index >= 15 is 0 Å². The molecular formula is C19H36O4S. The first-order chi connectivity index (χ1) is 11.3. The van der Waals surface area contributed by atoms with E-state index in [2.05, 4.69) is 18.8 Å². The van der Waals surface area contributed by atoms with Gasteiger partial charge in [-0.1, -0.05) is 70.6 Å². The Morgan fingerprint density at radius 3 is 1.79 bits per heavy atom. The molecule has 2 N–H and O–H groups in total. The van der Waals surface area contributed by atoms with Crippen LogP contribution in [0.2, 0.25) is 0 Å². The van der Waals surface area contributed by atoms with Gasteiger partial charge in [0.15, 0.2) is 0 Å². The molecule has 0 rings (SSSR count). The molecule has 0 fully saturated rings. The highest BCUT2D eigenvalue weighted by Crippen LogP contribution is 2.12. The highest BCUT2D eigenvalue weighted by Gasteiger charge is 2.13. The van der Waals surface area contributed by atoms with Crippen molar-refractivity contribution in [1.82, 2.24) is 0 Å². The van der Waals surface area contributed by atoms with Crippen LogP contribution >= 0.6 is 0 Å². The Balaban J connectivity index is 3.33. The highest BCUT2D eigenvalue weighted by atomic mass is 32.2. The lowest BCUT2D eigenvalue weighted by atomic mass is 10.0. The Morgan fingerprint density at radius 2 is 1.33 bits per heavy atom. The third-order valence-electron chi connectivity index (χ3n) is 4.05. The maximum atomic E-state index is 10.5. The van der Waals surface area contributed by atoms with E-state index in [1.807, 2.05) is 0 Å². The average Bonchev–Trinajstić information content (AvgIpc) is 2.46. The van der Waals surface area contributed by atoms with E-state index in [1.54, 1.807) is 6.92 Å². The zero-order valence-electron chi connectivity index (χ0n) is 15.5. The van der Waals surface area contributed by atoms with Crippen molar-refractivity contribution in [1.29, 1.82) is 0 Å². The molecule has 5 heteroatoms. The predicted octanol–water partition coefficient (Wildman–Crippen LogP) is 4.72. The van der Waals surface area contributed by atoms with Crippen molar-refractivity contribution in [3.63, 3.8) is 0 Å². The van der Waals surface area contributed by atoms with Gasteiger partial charge < -0.3 is 5.11 Å². The van der Waals surface area contributed by atoms with Crippen LogP contribution in [-0.4, -0.2) is 29.4 Å². The summed E-state index contributed by atoms with van der Waals surface area (Å²) in [5.74, 6) is 5.94. The van der Waals surface area contributed by atoms with Crippen LogP contribution in [0.5, 0.6) is 0 Å². The second kappa shape index (κ2) is 13.7. The summed E-state index contributed by atoms with van der Waals surface area (Å²) in [6, 6.07) is 0. The fourth-order valence-corrected chi connectivity index (χ4v) is 3.28. The molecule has 0 bridgehead atoms. The van der Waals surface area contributed by atoms with Gasteiger partial charge in [-0.2, -0.15) is 8.42 Å². The van der Waals surface area contributed by atoms with Crippen molar-refractivity contribution in [3.8, 4) is 11.8 Å². The van der Waals surface area contributed by atoms with Gasteiger partial charge in [-0.15, -0.1) is 5.92 Å². The standard InChI is InChI=1S/C19H36O4S/c1-3-16-19(2,20)17-14-12-10-8-6-4-5-7-9-11-13-15-18-24(21,22)23/h20H,3-13,15-16,18H2,1-2H3,(H,21,22,23). The van der Waals surface area contributed by atoms with E-state index in [1.165, 1.54) is 32.1 Å². The zero-order chi connectivity index (χ0) is 18.3. The van der Waals surface area contributed by atoms with Gasteiger partial charge in [-0.25, -0.2) is 0 Å². The number of hydrogen-bond donors (Lipinski definition) is 2. The molecule has 0 aliphatic heterocycles. The van der Waals surface area contributed by atoms with Crippen LogP contribution in [0.1, 0.15) is 97.3 Å². The van der Waals surface area contributed by atoms with E-state index in [9.17, 15) is 13.5 Å². The first-order valence-electron chi connectivity index (χ1n) is 9.44. The summed E-state index contributed by atoms with van der Waals surface area (Å²) in [7, 11) is -3.77. The second-order valence-electron chi connectivity index (χ2n) is 6.90. The van der Waals surface area contributed by atoms with Gasteiger partial charge >= 0.3 is 0 Å². The fraction of sp³-hybridized carbons (Fsp3) is 0.895. The molecule has 0 saturated heterocycles. The number of hydrogen-bond acceptors (Lipinski definition) is 3. The van der Waals surface area contributed by atoms with Crippen LogP contribution < -0.4 is 0 Å². The van der Waals surface area contributed by atoms with E-state index < -0.39 is 15.7 Å². The summed E-state index contributed by atoms with van der Waals surface area (Å²) in [5, 5.41) is 9.92. The summed E-state index contributed by atoms with van der Waals surface area (Å²) in [6.07, 6.45) is 13.4. The van der Waals surface area contributed by atoms with Gasteiger partial charge in [0.1, 0.15) is 5.60 Å². The maximum absolute atomic E-state index is 10.5. The lowest BCUT2D eigenvalue weighted by molar-refractivity contribution is 0.111. The molecular weight excluding hydrogens is 324 g/mol. The Hall–Kier alpha value is -0.570. The van der Waals surface area contributed by atoms with Gasteiger partial charge in [0.2, 0.25) is 0 Å². The van der Waals surface area contributed by atoms with Crippen molar-refractivity contribution in [2.45, 2.75) is 103 Å². The molecule has 1 atom stereocenters. The predicted molar refractivity (Wildman–Crippen MR) is 101 cm³/mol. The molecule has 0 aliphatic carbocycles. The molecule has 0 spiro atoms. The summed E-state index contributed by atoms with van der Waals surface area (Å²) in [6.45, 7) is 3.84. The third-order valence-corrected chi connectivity index (χ3v) is 4.85. The molecule has 0 aromatic carbocycles. The molecule has 0 radical (unpaired) electrons. The minimum absolute atomic E-state index is 0.107. The fourth-order valence-electron chi connectivity index (χ4n) is 2.71. The monoisotopic (exact) mass is 360 g/mol. The summed E-state index contributed by atoms with van der Waals surface area (Å²) < 4.78 is 29.7. The Labute approximate surface area is 149 Å². The molecule has 142 valence electrons. The van der Waals surface area contributed by atoms with Crippen LogP contribution in [0.4, 0.5) is 0 Å². The summed E-state index contributed by atoms with van der Waals surface area (Å²) >= 11 is 0. The van der Waals surface area contributed by atoms with Crippen LogP contribution in [0.15, 0.2) is 0 Å². The maximum Gasteiger partial charge on any atom is 0.264 e. The molecule has 0 heterocycles. The smallest absolute Gasteiger partial charge is 0.264 e. The topological polar surface area (TPSA) is 74.6 Å². The second-order valence-corrected chi connectivity index (χ2v) is 8.47. The van der Waals surface area contributed by atoms with Crippen LogP contribution in [0.25, 0.3) is 0 Å². The lowest BCUT2D eigenvalue weighted by Gasteiger charge is -2.14. The number of unbranched alkanes of at least 4 members (excludes halogenated alkanes) is 10. The molecule has 0 aliphatic rings. The van der Waals surface area contributed by atoms with Crippen molar-refractivity contribution in [2.75, 3.05) is 5.75 Å². The summed E-state index contributed by atoms with van der Waals surface area (Å²) in [5.41, 5.74) is -0.823. The van der Waals surface area contributed by atoms with Gasteiger partial charge in [-0.3, -0.25) is 4.55 Å². The van der Waals surface area contributed by atoms with Crippen LogP contribution in [-0.2, 0) is 10.1 Å². The molecule has 0 aromatic rings. The molecule has 0 saturated carbocycles. The Morgan fingerprint density at radius 1 is 0.875 bits per heavy atom. The lowest BCUT2D eigenvalue weighted by Crippen LogP contribution is -2.20.